The molecule has 1 aromatic rings. The second-order valence-corrected chi connectivity index (χ2v) is 5.47. The third-order valence-electron chi connectivity index (χ3n) is 3.33. The summed E-state index contributed by atoms with van der Waals surface area (Å²) in [6.45, 7) is 9.93. The molecule has 1 aromatic carbocycles. The van der Waals surface area contributed by atoms with Gasteiger partial charge in [0.25, 0.3) is 5.91 Å². The van der Waals surface area contributed by atoms with E-state index in [4.69, 9.17) is 9.47 Å². The molecule has 1 atom stereocenters. The lowest BCUT2D eigenvalue weighted by atomic mass is 10.1. The molecular formula is C18H29NO3. The van der Waals surface area contributed by atoms with E-state index in [1.54, 1.807) is 0 Å². The van der Waals surface area contributed by atoms with Gasteiger partial charge in [0.2, 0.25) is 0 Å². The average molecular weight is 307 g/mol. The summed E-state index contributed by atoms with van der Waals surface area (Å²) in [5.74, 6) is 0.748. The lowest BCUT2D eigenvalue weighted by molar-refractivity contribution is 0.0937. The highest BCUT2D eigenvalue weighted by Crippen LogP contribution is 2.21. The first-order chi connectivity index (χ1) is 10.6. The van der Waals surface area contributed by atoms with Crippen LogP contribution in [0.4, 0.5) is 0 Å². The molecule has 0 bridgehead atoms. The van der Waals surface area contributed by atoms with Gasteiger partial charge in [-0.2, -0.15) is 0 Å². The summed E-state index contributed by atoms with van der Waals surface area (Å²) in [6.07, 6.45) is 3.01. The van der Waals surface area contributed by atoms with Gasteiger partial charge in [0.05, 0.1) is 13.2 Å². The molecule has 0 fully saturated rings. The number of hydrogen-bond acceptors (Lipinski definition) is 3. The van der Waals surface area contributed by atoms with Crippen LogP contribution in [0.1, 0.15) is 62.9 Å². The third-order valence-corrected chi connectivity index (χ3v) is 3.33. The Balaban J connectivity index is 2.82. The van der Waals surface area contributed by atoms with E-state index in [2.05, 4.69) is 19.2 Å². The first kappa shape index (κ1) is 18.5. The van der Waals surface area contributed by atoms with E-state index in [1.807, 2.05) is 32.0 Å². The van der Waals surface area contributed by atoms with E-state index in [-0.39, 0.29) is 11.9 Å². The quantitative estimate of drug-likeness (QED) is 0.666. The van der Waals surface area contributed by atoms with E-state index in [0.717, 1.165) is 30.6 Å². The number of ether oxygens (including phenoxy) is 2. The van der Waals surface area contributed by atoms with Crippen molar-refractivity contribution >= 4 is 5.91 Å². The maximum atomic E-state index is 12.3. The van der Waals surface area contributed by atoms with Crippen LogP contribution in [0.5, 0.6) is 5.75 Å². The highest BCUT2D eigenvalue weighted by Gasteiger charge is 2.12. The fourth-order valence-electron chi connectivity index (χ4n) is 2.27. The zero-order chi connectivity index (χ0) is 16.4. The van der Waals surface area contributed by atoms with Crippen LogP contribution < -0.4 is 10.1 Å². The fourth-order valence-corrected chi connectivity index (χ4v) is 2.27. The van der Waals surface area contributed by atoms with Crippen molar-refractivity contribution in [2.75, 3.05) is 13.2 Å². The summed E-state index contributed by atoms with van der Waals surface area (Å²) < 4.78 is 11.2. The van der Waals surface area contributed by atoms with Crippen LogP contribution in [0, 0.1) is 0 Å². The summed E-state index contributed by atoms with van der Waals surface area (Å²) in [4.78, 5) is 12.3. The van der Waals surface area contributed by atoms with Gasteiger partial charge < -0.3 is 14.8 Å². The molecule has 1 N–H and O–H groups in total. The smallest absolute Gasteiger partial charge is 0.251 e. The van der Waals surface area contributed by atoms with Crippen molar-refractivity contribution in [2.24, 2.45) is 0 Å². The number of benzene rings is 1. The van der Waals surface area contributed by atoms with Gasteiger partial charge in [-0.05, 0) is 44.9 Å². The van der Waals surface area contributed by atoms with Crippen molar-refractivity contribution in [2.45, 2.75) is 59.6 Å². The molecule has 0 spiro atoms. The summed E-state index contributed by atoms with van der Waals surface area (Å²) >= 11 is 0. The zero-order valence-corrected chi connectivity index (χ0v) is 14.3. The molecule has 0 saturated carbocycles. The van der Waals surface area contributed by atoms with Gasteiger partial charge >= 0.3 is 0 Å². The van der Waals surface area contributed by atoms with Crippen molar-refractivity contribution < 1.29 is 14.3 Å². The number of carbonyl (C=O) groups is 1. The fraction of sp³-hybridized carbons (Fsp3) is 0.611. The first-order valence-electron chi connectivity index (χ1n) is 8.26. The van der Waals surface area contributed by atoms with Crippen molar-refractivity contribution in [3.8, 4) is 5.75 Å². The first-order valence-corrected chi connectivity index (χ1v) is 8.26. The van der Waals surface area contributed by atoms with Gasteiger partial charge in [0.1, 0.15) is 5.75 Å². The van der Waals surface area contributed by atoms with Gasteiger partial charge in [-0.15, -0.1) is 0 Å². The average Bonchev–Trinajstić information content (AvgIpc) is 2.49. The van der Waals surface area contributed by atoms with Crippen LogP contribution in [0.3, 0.4) is 0 Å². The van der Waals surface area contributed by atoms with Gasteiger partial charge in [-0.1, -0.05) is 20.3 Å². The van der Waals surface area contributed by atoms with Crippen LogP contribution in [0.15, 0.2) is 18.2 Å². The minimum atomic E-state index is -0.0410. The number of carbonyl (C=O) groups excluding carboxylic acids is 1. The molecule has 1 amide bonds. The number of rotatable bonds is 10. The molecule has 0 aliphatic rings. The van der Waals surface area contributed by atoms with E-state index in [9.17, 15) is 4.79 Å². The predicted octanol–water partition coefficient (Wildman–Crippen LogP) is 3.93. The highest BCUT2D eigenvalue weighted by molar-refractivity contribution is 5.94. The Kier molecular flexibility index (Phi) is 8.60. The second-order valence-electron chi connectivity index (χ2n) is 5.47. The molecule has 0 radical (unpaired) electrons. The van der Waals surface area contributed by atoms with Crippen LogP contribution in [0.2, 0.25) is 0 Å². The molecule has 4 heteroatoms. The minimum absolute atomic E-state index is 0.0410. The Morgan fingerprint density at radius 2 is 2.00 bits per heavy atom. The van der Waals surface area contributed by atoms with Crippen LogP contribution in [-0.4, -0.2) is 25.2 Å². The summed E-state index contributed by atoms with van der Waals surface area (Å²) in [5.41, 5.74) is 1.58. The van der Waals surface area contributed by atoms with Gasteiger partial charge in [-0.25, -0.2) is 0 Å². The zero-order valence-electron chi connectivity index (χ0n) is 14.3. The Labute approximate surface area is 134 Å². The molecule has 1 rings (SSSR count). The lowest BCUT2D eigenvalue weighted by Gasteiger charge is -2.15. The minimum Gasteiger partial charge on any atom is -0.494 e. The number of amides is 1. The normalized spacial score (nSPS) is 12.0. The highest BCUT2D eigenvalue weighted by atomic mass is 16.5. The second kappa shape index (κ2) is 10.2. The van der Waals surface area contributed by atoms with Crippen molar-refractivity contribution in [3.63, 3.8) is 0 Å². The predicted molar refractivity (Wildman–Crippen MR) is 89.4 cm³/mol. The van der Waals surface area contributed by atoms with Crippen LogP contribution >= 0.6 is 0 Å². The Bertz CT molecular complexity index is 460. The lowest BCUT2D eigenvalue weighted by Crippen LogP contribution is -2.32. The van der Waals surface area contributed by atoms with Crippen LogP contribution in [-0.2, 0) is 11.3 Å². The number of hydrogen-bond donors (Lipinski definition) is 1. The summed E-state index contributed by atoms with van der Waals surface area (Å²) in [5, 5.41) is 3.02. The van der Waals surface area contributed by atoms with Gasteiger partial charge in [-0.3, -0.25) is 4.79 Å². The third kappa shape index (κ3) is 6.06. The SMILES string of the molecule is CCCOCc1cc(C(=O)N[C@H](C)CCC)ccc1OCC. The Morgan fingerprint density at radius 1 is 1.23 bits per heavy atom. The molecule has 0 aromatic heterocycles. The molecule has 0 unspecified atom stereocenters. The Morgan fingerprint density at radius 3 is 2.64 bits per heavy atom. The molecule has 0 aliphatic heterocycles. The van der Waals surface area contributed by atoms with Gasteiger partial charge in [0.15, 0.2) is 0 Å². The van der Waals surface area contributed by atoms with Crippen molar-refractivity contribution in [1.29, 1.82) is 0 Å². The van der Waals surface area contributed by atoms with Gasteiger partial charge in [0, 0.05) is 23.8 Å². The summed E-state index contributed by atoms with van der Waals surface area (Å²) in [7, 11) is 0. The monoisotopic (exact) mass is 307 g/mol. The van der Waals surface area contributed by atoms with E-state index in [0.29, 0.717) is 25.4 Å². The van der Waals surface area contributed by atoms with Crippen molar-refractivity contribution in [1.82, 2.24) is 5.32 Å². The van der Waals surface area contributed by atoms with Crippen molar-refractivity contribution in [3.05, 3.63) is 29.3 Å². The number of nitrogens with one attached hydrogen (secondary N) is 1. The molecule has 4 nitrogen and oxygen atoms in total. The Hall–Kier alpha value is -1.55. The topological polar surface area (TPSA) is 47.6 Å². The molecule has 0 saturated heterocycles. The molecule has 124 valence electrons. The largest absolute Gasteiger partial charge is 0.494 e. The van der Waals surface area contributed by atoms with Crippen LogP contribution in [0.25, 0.3) is 0 Å². The standard InChI is InChI=1S/C18H29NO3/c1-5-8-14(4)19-18(20)15-9-10-17(22-7-3)16(12-15)13-21-11-6-2/h9-10,12,14H,5-8,11,13H2,1-4H3,(H,19,20)/t14-/m1/s1. The molecule has 0 heterocycles. The molecule has 22 heavy (non-hydrogen) atoms. The summed E-state index contributed by atoms with van der Waals surface area (Å²) in [6, 6.07) is 5.72. The maximum Gasteiger partial charge on any atom is 0.251 e. The van der Waals surface area contributed by atoms with E-state index in [1.165, 1.54) is 0 Å². The molecular weight excluding hydrogens is 278 g/mol. The maximum absolute atomic E-state index is 12.3. The molecule has 0 aliphatic carbocycles. The van der Waals surface area contributed by atoms with E-state index < -0.39 is 0 Å². The van der Waals surface area contributed by atoms with E-state index >= 15 is 0 Å².